The van der Waals surface area contributed by atoms with Crippen LogP contribution in [0.4, 0.5) is 5.69 Å². The van der Waals surface area contributed by atoms with Gasteiger partial charge < -0.3 is 20.1 Å². The lowest BCUT2D eigenvalue weighted by Gasteiger charge is -2.29. The lowest BCUT2D eigenvalue weighted by molar-refractivity contribution is -0.122. The van der Waals surface area contributed by atoms with E-state index in [1.54, 1.807) is 29.2 Å². The normalized spacial score (nSPS) is 12.9. The average molecular weight is 354 g/mol. The number of nitrogens with zero attached hydrogens (tertiary/aromatic N) is 1. The number of rotatable bonds is 6. The molecule has 0 unspecified atom stereocenters. The minimum Gasteiger partial charge on any atom is -0.482 e. The molecule has 0 saturated heterocycles. The molecule has 0 radical (unpaired) electrons. The van der Waals surface area contributed by atoms with Gasteiger partial charge >= 0.3 is 5.97 Å². The molecule has 1 aliphatic rings. The van der Waals surface area contributed by atoms with E-state index in [4.69, 9.17) is 9.84 Å². The highest BCUT2D eigenvalue weighted by molar-refractivity contribution is 5.98. The van der Waals surface area contributed by atoms with Crippen LogP contribution in [0.2, 0.25) is 0 Å². The summed E-state index contributed by atoms with van der Waals surface area (Å²) < 4.78 is 5.37. The van der Waals surface area contributed by atoms with Crippen LogP contribution in [-0.4, -0.2) is 36.0 Å². The second-order valence-electron chi connectivity index (χ2n) is 5.83. The third kappa shape index (κ3) is 4.00. The molecule has 26 heavy (non-hydrogen) atoms. The number of benzene rings is 2. The number of carboxylic acids is 1. The first kappa shape index (κ1) is 17.5. The van der Waals surface area contributed by atoms with Gasteiger partial charge in [0, 0.05) is 19.5 Å². The van der Waals surface area contributed by atoms with Gasteiger partial charge in [-0.25, -0.2) is 4.79 Å². The largest absolute Gasteiger partial charge is 0.482 e. The van der Waals surface area contributed by atoms with Crippen molar-refractivity contribution in [3.05, 3.63) is 59.7 Å². The number of nitrogens with one attached hydrogen (secondary N) is 1. The summed E-state index contributed by atoms with van der Waals surface area (Å²) in [5.41, 5.74) is 1.67. The van der Waals surface area contributed by atoms with Gasteiger partial charge in [-0.3, -0.25) is 9.59 Å². The number of ether oxygens (including phenoxy) is 1. The van der Waals surface area contributed by atoms with E-state index in [0.717, 1.165) is 5.56 Å². The number of hydrogen-bond acceptors (Lipinski definition) is 4. The number of para-hydroxylation sites is 2. The molecule has 0 fully saturated rings. The molecule has 0 atom stereocenters. The molecule has 0 saturated carbocycles. The maximum absolute atomic E-state index is 12.1. The van der Waals surface area contributed by atoms with Crippen LogP contribution in [0.1, 0.15) is 22.3 Å². The number of carbonyl (C=O) groups excluding carboxylic acids is 2. The summed E-state index contributed by atoms with van der Waals surface area (Å²) in [7, 11) is 0. The maximum atomic E-state index is 12.1. The van der Waals surface area contributed by atoms with E-state index in [2.05, 4.69) is 5.32 Å². The molecular weight excluding hydrogens is 336 g/mol. The molecule has 0 bridgehead atoms. The fourth-order valence-electron chi connectivity index (χ4n) is 2.67. The van der Waals surface area contributed by atoms with Crippen LogP contribution in [-0.2, 0) is 16.1 Å². The summed E-state index contributed by atoms with van der Waals surface area (Å²) in [4.78, 5) is 36.5. The van der Waals surface area contributed by atoms with Crippen molar-refractivity contribution in [2.45, 2.75) is 13.0 Å². The van der Waals surface area contributed by atoms with E-state index in [1.807, 2.05) is 12.1 Å². The van der Waals surface area contributed by atoms with E-state index in [-0.39, 0.29) is 37.0 Å². The second-order valence-corrected chi connectivity index (χ2v) is 5.83. The molecule has 2 amide bonds. The molecule has 3 rings (SSSR count). The fourth-order valence-corrected chi connectivity index (χ4v) is 2.67. The van der Waals surface area contributed by atoms with Gasteiger partial charge in [0.15, 0.2) is 6.61 Å². The Morgan fingerprint density at radius 3 is 2.58 bits per heavy atom. The van der Waals surface area contributed by atoms with Gasteiger partial charge in [0.1, 0.15) is 5.75 Å². The zero-order valence-electron chi connectivity index (χ0n) is 14.0. The van der Waals surface area contributed by atoms with E-state index >= 15 is 0 Å². The summed E-state index contributed by atoms with van der Waals surface area (Å²) in [5.74, 6) is -0.730. The average Bonchev–Trinajstić information content (AvgIpc) is 2.66. The first-order valence-corrected chi connectivity index (χ1v) is 8.16. The molecule has 2 aromatic rings. The van der Waals surface area contributed by atoms with Crippen molar-refractivity contribution < 1.29 is 24.2 Å². The van der Waals surface area contributed by atoms with Gasteiger partial charge in [0.25, 0.3) is 5.91 Å². The number of amides is 2. The molecule has 0 aliphatic carbocycles. The van der Waals surface area contributed by atoms with E-state index in [1.165, 1.54) is 12.1 Å². The minimum absolute atomic E-state index is 0.0332. The standard InChI is InChI=1S/C19H18N2O5/c22-17(20-11-13-5-7-14(8-6-13)19(24)25)9-10-21-15-3-1-2-4-16(15)26-12-18(21)23/h1-8H,9-12H2,(H,20,22)(H,24,25). The van der Waals surface area contributed by atoms with Crippen LogP contribution in [0.5, 0.6) is 5.75 Å². The van der Waals surface area contributed by atoms with Crippen molar-refractivity contribution in [1.82, 2.24) is 5.32 Å². The zero-order valence-corrected chi connectivity index (χ0v) is 14.0. The van der Waals surface area contributed by atoms with E-state index in [0.29, 0.717) is 18.0 Å². The van der Waals surface area contributed by atoms with Gasteiger partial charge in [-0.1, -0.05) is 24.3 Å². The minimum atomic E-state index is -0.990. The molecule has 2 aromatic carbocycles. The predicted octanol–water partition coefficient (Wildman–Crippen LogP) is 1.82. The Kier molecular flexibility index (Phi) is 5.17. The van der Waals surface area contributed by atoms with Crippen molar-refractivity contribution in [3.8, 4) is 5.75 Å². The van der Waals surface area contributed by atoms with Crippen LogP contribution in [0, 0.1) is 0 Å². The highest BCUT2D eigenvalue weighted by atomic mass is 16.5. The number of aromatic carboxylic acids is 1. The summed E-state index contributed by atoms with van der Waals surface area (Å²) >= 11 is 0. The molecule has 7 nitrogen and oxygen atoms in total. The molecule has 7 heteroatoms. The van der Waals surface area contributed by atoms with Crippen molar-refractivity contribution >= 4 is 23.5 Å². The molecular formula is C19H18N2O5. The van der Waals surface area contributed by atoms with Gasteiger partial charge in [-0.2, -0.15) is 0 Å². The molecule has 1 heterocycles. The first-order chi connectivity index (χ1) is 12.5. The topological polar surface area (TPSA) is 95.9 Å². The SMILES string of the molecule is O=C(CCN1C(=O)COc2ccccc21)NCc1ccc(C(=O)O)cc1. The molecule has 134 valence electrons. The zero-order chi connectivity index (χ0) is 18.5. The number of carbonyl (C=O) groups is 3. The number of fused-ring (bicyclic) bond motifs is 1. The van der Waals surface area contributed by atoms with E-state index in [9.17, 15) is 14.4 Å². The summed E-state index contributed by atoms with van der Waals surface area (Å²) in [6.45, 7) is 0.532. The Bertz CT molecular complexity index is 832. The third-order valence-electron chi connectivity index (χ3n) is 4.06. The monoisotopic (exact) mass is 354 g/mol. The van der Waals surface area contributed by atoms with Crippen LogP contribution >= 0.6 is 0 Å². The van der Waals surface area contributed by atoms with Gasteiger partial charge in [-0.15, -0.1) is 0 Å². The summed E-state index contributed by atoms with van der Waals surface area (Å²) in [5, 5.41) is 11.6. The quantitative estimate of drug-likeness (QED) is 0.825. The van der Waals surface area contributed by atoms with Gasteiger partial charge in [-0.05, 0) is 29.8 Å². The Morgan fingerprint density at radius 1 is 1.12 bits per heavy atom. The molecule has 0 spiro atoms. The first-order valence-electron chi connectivity index (χ1n) is 8.16. The van der Waals surface area contributed by atoms with Crippen molar-refractivity contribution in [1.29, 1.82) is 0 Å². The molecule has 1 aliphatic heterocycles. The van der Waals surface area contributed by atoms with Gasteiger partial charge in [0.2, 0.25) is 5.91 Å². The Labute approximate surface area is 150 Å². The summed E-state index contributed by atoms with van der Waals surface area (Å²) in [6.07, 6.45) is 0.160. The van der Waals surface area contributed by atoms with Crippen molar-refractivity contribution in [2.24, 2.45) is 0 Å². The van der Waals surface area contributed by atoms with Crippen LogP contribution < -0.4 is 15.0 Å². The molecule has 0 aromatic heterocycles. The lowest BCUT2D eigenvalue weighted by Crippen LogP contribution is -2.41. The van der Waals surface area contributed by atoms with Gasteiger partial charge in [0.05, 0.1) is 11.3 Å². The number of hydrogen-bond donors (Lipinski definition) is 2. The Hall–Kier alpha value is -3.35. The predicted molar refractivity (Wildman–Crippen MR) is 94.2 cm³/mol. The highest BCUT2D eigenvalue weighted by Crippen LogP contribution is 2.31. The van der Waals surface area contributed by atoms with Crippen molar-refractivity contribution in [2.75, 3.05) is 18.1 Å². The Balaban J connectivity index is 1.53. The lowest BCUT2D eigenvalue weighted by atomic mass is 10.1. The van der Waals surface area contributed by atoms with Crippen molar-refractivity contribution in [3.63, 3.8) is 0 Å². The number of carboxylic acid groups (broad SMARTS) is 1. The van der Waals surface area contributed by atoms with Crippen LogP contribution in [0.25, 0.3) is 0 Å². The van der Waals surface area contributed by atoms with Crippen LogP contribution in [0.3, 0.4) is 0 Å². The Morgan fingerprint density at radius 2 is 1.85 bits per heavy atom. The highest BCUT2D eigenvalue weighted by Gasteiger charge is 2.25. The van der Waals surface area contributed by atoms with E-state index < -0.39 is 5.97 Å². The summed E-state index contributed by atoms with van der Waals surface area (Å²) in [6, 6.07) is 13.5. The maximum Gasteiger partial charge on any atom is 0.335 e. The fraction of sp³-hybridized carbons (Fsp3) is 0.211. The molecule has 2 N–H and O–H groups in total. The third-order valence-corrected chi connectivity index (χ3v) is 4.06. The smallest absolute Gasteiger partial charge is 0.335 e. The number of anilines is 1. The van der Waals surface area contributed by atoms with Crippen LogP contribution in [0.15, 0.2) is 48.5 Å². The second kappa shape index (κ2) is 7.69.